The first kappa shape index (κ1) is 13.9. The van der Waals surface area contributed by atoms with Crippen LogP contribution in [0.2, 0.25) is 0 Å². The Morgan fingerprint density at radius 1 is 1.26 bits per heavy atom. The quantitative estimate of drug-likeness (QED) is 0.873. The standard InChI is InChI=1S/C15H23N3O/c1-10-5-11(2)7-13(6-10)18-9-12(3)17(4)15(19)14(18)8-16/h5-7,12,14H,8-9,16H2,1-4H3. The number of amides is 1. The van der Waals surface area contributed by atoms with E-state index in [4.69, 9.17) is 5.73 Å². The molecular formula is C15H23N3O. The van der Waals surface area contributed by atoms with E-state index in [0.29, 0.717) is 6.54 Å². The molecule has 104 valence electrons. The van der Waals surface area contributed by atoms with E-state index in [1.54, 1.807) is 4.90 Å². The lowest BCUT2D eigenvalue weighted by atomic mass is 10.0. The van der Waals surface area contributed by atoms with Crippen LogP contribution < -0.4 is 10.6 Å². The highest BCUT2D eigenvalue weighted by Crippen LogP contribution is 2.25. The molecule has 2 unspecified atom stereocenters. The van der Waals surface area contributed by atoms with Gasteiger partial charge < -0.3 is 15.5 Å². The van der Waals surface area contributed by atoms with Crippen molar-refractivity contribution >= 4 is 11.6 Å². The Kier molecular flexibility index (Phi) is 3.80. The normalized spacial score (nSPS) is 23.9. The lowest BCUT2D eigenvalue weighted by molar-refractivity contribution is -0.134. The first-order valence-corrected chi connectivity index (χ1v) is 6.75. The average Bonchev–Trinajstić information content (AvgIpc) is 2.34. The van der Waals surface area contributed by atoms with Crippen LogP contribution in [0.25, 0.3) is 0 Å². The molecule has 0 radical (unpaired) electrons. The van der Waals surface area contributed by atoms with E-state index < -0.39 is 0 Å². The van der Waals surface area contributed by atoms with Crippen molar-refractivity contribution in [2.75, 3.05) is 25.0 Å². The zero-order valence-electron chi connectivity index (χ0n) is 12.2. The van der Waals surface area contributed by atoms with Gasteiger partial charge in [-0.15, -0.1) is 0 Å². The molecule has 4 heteroatoms. The minimum absolute atomic E-state index is 0.111. The van der Waals surface area contributed by atoms with Gasteiger partial charge in [0.25, 0.3) is 0 Å². The molecule has 1 amide bonds. The smallest absolute Gasteiger partial charge is 0.246 e. The highest BCUT2D eigenvalue weighted by Gasteiger charge is 2.35. The zero-order chi connectivity index (χ0) is 14.2. The molecule has 1 aliphatic rings. The number of anilines is 1. The summed E-state index contributed by atoms with van der Waals surface area (Å²) in [5.74, 6) is 0.111. The molecular weight excluding hydrogens is 238 g/mol. The molecule has 0 spiro atoms. The summed E-state index contributed by atoms with van der Waals surface area (Å²) in [6.07, 6.45) is 0. The van der Waals surface area contributed by atoms with Crippen LogP contribution >= 0.6 is 0 Å². The lowest BCUT2D eigenvalue weighted by Gasteiger charge is -2.44. The maximum Gasteiger partial charge on any atom is 0.246 e. The zero-order valence-corrected chi connectivity index (χ0v) is 12.2. The van der Waals surface area contributed by atoms with E-state index in [9.17, 15) is 4.79 Å². The van der Waals surface area contributed by atoms with Crippen LogP contribution in [0.4, 0.5) is 5.69 Å². The Morgan fingerprint density at radius 2 is 1.84 bits per heavy atom. The number of aryl methyl sites for hydroxylation is 2. The number of nitrogens with zero attached hydrogens (tertiary/aromatic N) is 2. The summed E-state index contributed by atoms with van der Waals surface area (Å²) >= 11 is 0. The van der Waals surface area contributed by atoms with Gasteiger partial charge in [0.2, 0.25) is 5.91 Å². The topological polar surface area (TPSA) is 49.6 Å². The van der Waals surface area contributed by atoms with Gasteiger partial charge >= 0.3 is 0 Å². The third-order valence-electron chi connectivity index (χ3n) is 3.89. The van der Waals surface area contributed by atoms with Crippen molar-refractivity contribution in [1.82, 2.24) is 4.90 Å². The highest BCUT2D eigenvalue weighted by atomic mass is 16.2. The minimum Gasteiger partial charge on any atom is -0.356 e. The van der Waals surface area contributed by atoms with Gasteiger partial charge in [0.15, 0.2) is 0 Å². The number of hydrogen-bond acceptors (Lipinski definition) is 3. The SMILES string of the molecule is Cc1cc(C)cc(N2CC(C)N(C)C(=O)C2CN)c1. The molecule has 1 heterocycles. The van der Waals surface area contributed by atoms with E-state index in [0.717, 1.165) is 12.2 Å². The van der Waals surface area contributed by atoms with Gasteiger partial charge in [-0.2, -0.15) is 0 Å². The third-order valence-corrected chi connectivity index (χ3v) is 3.89. The second kappa shape index (κ2) is 5.21. The van der Waals surface area contributed by atoms with E-state index in [1.807, 2.05) is 7.05 Å². The van der Waals surface area contributed by atoms with Crippen molar-refractivity contribution in [3.8, 4) is 0 Å². The molecule has 2 N–H and O–H groups in total. The lowest BCUT2D eigenvalue weighted by Crippen LogP contribution is -2.62. The number of piperazine rings is 1. The van der Waals surface area contributed by atoms with Crippen molar-refractivity contribution in [3.63, 3.8) is 0 Å². The van der Waals surface area contributed by atoms with Gasteiger partial charge in [0.05, 0.1) is 0 Å². The first-order valence-electron chi connectivity index (χ1n) is 6.75. The molecule has 1 aliphatic heterocycles. The summed E-state index contributed by atoms with van der Waals surface area (Å²) in [6, 6.07) is 6.35. The molecule has 0 aromatic heterocycles. The Labute approximate surface area is 115 Å². The van der Waals surface area contributed by atoms with E-state index in [-0.39, 0.29) is 18.0 Å². The largest absolute Gasteiger partial charge is 0.356 e. The van der Waals surface area contributed by atoms with Crippen LogP contribution in [-0.4, -0.2) is 43.0 Å². The monoisotopic (exact) mass is 261 g/mol. The fraction of sp³-hybridized carbons (Fsp3) is 0.533. The van der Waals surface area contributed by atoms with Crippen molar-refractivity contribution < 1.29 is 4.79 Å². The van der Waals surface area contributed by atoms with Crippen molar-refractivity contribution in [2.24, 2.45) is 5.73 Å². The van der Waals surface area contributed by atoms with Crippen molar-refractivity contribution in [3.05, 3.63) is 29.3 Å². The van der Waals surface area contributed by atoms with Crippen LogP contribution in [0.1, 0.15) is 18.1 Å². The number of rotatable bonds is 2. The Bertz CT molecular complexity index is 466. The fourth-order valence-electron chi connectivity index (χ4n) is 2.75. The Morgan fingerprint density at radius 3 is 2.37 bits per heavy atom. The molecule has 2 atom stereocenters. The summed E-state index contributed by atoms with van der Waals surface area (Å²) in [6.45, 7) is 7.40. The van der Waals surface area contributed by atoms with Crippen LogP contribution in [0.5, 0.6) is 0 Å². The van der Waals surface area contributed by atoms with Gasteiger partial charge in [-0.1, -0.05) is 6.07 Å². The molecule has 19 heavy (non-hydrogen) atoms. The fourth-order valence-corrected chi connectivity index (χ4v) is 2.75. The van der Waals surface area contributed by atoms with Gasteiger partial charge in [0, 0.05) is 31.9 Å². The second-order valence-corrected chi connectivity index (χ2v) is 5.55. The van der Waals surface area contributed by atoms with E-state index in [1.165, 1.54) is 11.1 Å². The maximum atomic E-state index is 12.3. The Balaban J connectivity index is 2.38. The number of carbonyl (C=O) groups is 1. The first-order chi connectivity index (χ1) is 8.93. The van der Waals surface area contributed by atoms with Crippen LogP contribution in [0.15, 0.2) is 18.2 Å². The number of hydrogen-bond donors (Lipinski definition) is 1. The van der Waals surface area contributed by atoms with Crippen LogP contribution in [0, 0.1) is 13.8 Å². The molecule has 1 aromatic rings. The number of nitrogens with two attached hydrogens (primary N) is 1. The van der Waals surface area contributed by atoms with E-state index >= 15 is 0 Å². The predicted molar refractivity (Wildman–Crippen MR) is 78.3 cm³/mol. The number of carbonyl (C=O) groups excluding carboxylic acids is 1. The summed E-state index contributed by atoms with van der Waals surface area (Å²) in [5, 5.41) is 0. The summed E-state index contributed by atoms with van der Waals surface area (Å²) in [7, 11) is 1.86. The summed E-state index contributed by atoms with van der Waals surface area (Å²) in [5.41, 5.74) is 9.34. The highest BCUT2D eigenvalue weighted by molar-refractivity contribution is 5.87. The molecule has 0 saturated carbocycles. The predicted octanol–water partition coefficient (Wildman–Crippen LogP) is 1.30. The molecule has 0 bridgehead atoms. The van der Waals surface area contributed by atoms with Gasteiger partial charge in [0.1, 0.15) is 6.04 Å². The summed E-state index contributed by atoms with van der Waals surface area (Å²) < 4.78 is 0. The second-order valence-electron chi connectivity index (χ2n) is 5.55. The van der Waals surface area contributed by atoms with Crippen molar-refractivity contribution in [2.45, 2.75) is 32.9 Å². The summed E-state index contributed by atoms with van der Waals surface area (Å²) in [4.78, 5) is 16.3. The average molecular weight is 261 g/mol. The number of likely N-dealkylation sites (N-methyl/N-ethyl adjacent to an activating group) is 1. The number of benzene rings is 1. The van der Waals surface area contributed by atoms with Crippen LogP contribution in [-0.2, 0) is 4.79 Å². The van der Waals surface area contributed by atoms with Gasteiger partial charge in [-0.25, -0.2) is 0 Å². The molecule has 4 nitrogen and oxygen atoms in total. The minimum atomic E-state index is -0.248. The Hall–Kier alpha value is -1.55. The molecule has 0 aliphatic carbocycles. The van der Waals surface area contributed by atoms with Crippen LogP contribution in [0.3, 0.4) is 0 Å². The molecule has 1 saturated heterocycles. The van der Waals surface area contributed by atoms with E-state index in [2.05, 4.69) is 43.9 Å². The van der Waals surface area contributed by atoms with Gasteiger partial charge in [-0.3, -0.25) is 4.79 Å². The van der Waals surface area contributed by atoms with Crippen molar-refractivity contribution in [1.29, 1.82) is 0 Å². The molecule has 1 fully saturated rings. The molecule has 1 aromatic carbocycles. The molecule has 2 rings (SSSR count). The van der Waals surface area contributed by atoms with Gasteiger partial charge in [-0.05, 0) is 44.0 Å². The third kappa shape index (κ3) is 2.59. The maximum absolute atomic E-state index is 12.3.